The highest BCUT2D eigenvalue weighted by Gasteiger charge is 2.28. The number of carbonyl (C=O) groups is 1. The van der Waals surface area contributed by atoms with Gasteiger partial charge in [0.25, 0.3) is 5.91 Å². The molecule has 29 heavy (non-hydrogen) atoms. The quantitative estimate of drug-likeness (QED) is 0.565. The number of nitrogens with zero attached hydrogens (tertiary/aromatic N) is 2. The number of amides is 1. The number of hydrogen-bond donors (Lipinski definition) is 0. The highest BCUT2D eigenvalue weighted by Crippen LogP contribution is 2.35. The molecule has 0 spiro atoms. The van der Waals surface area contributed by atoms with Gasteiger partial charge in [0.05, 0.1) is 24.0 Å². The molecule has 1 aliphatic rings. The van der Waals surface area contributed by atoms with Crippen molar-refractivity contribution in [2.24, 2.45) is 0 Å². The topological polar surface area (TPSA) is 51.7 Å². The molecule has 1 saturated heterocycles. The Morgan fingerprint density at radius 2 is 2.17 bits per heavy atom. The molecular formula is C23H26N2O3S. The molecule has 0 bridgehead atoms. The minimum Gasteiger partial charge on any atom is -0.492 e. The number of carbonyl (C=O) groups excluding carboxylic acids is 1. The highest BCUT2D eigenvalue weighted by atomic mass is 32.1. The minimum atomic E-state index is -0.0290. The van der Waals surface area contributed by atoms with Crippen LogP contribution in [-0.4, -0.2) is 36.8 Å². The molecule has 1 atom stereocenters. The fourth-order valence-corrected chi connectivity index (χ4v) is 4.64. The van der Waals surface area contributed by atoms with Gasteiger partial charge >= 0.3 is 0 Å². The standard InChI is InChI=1S/C23H26N2O3S/c1-4-27-19-8-5-9-20-21(19)24-23(29-20)25(14-17-7-6-12-28-17)22(26)18-13-15(2)10-11-16(18)3/h5,8-11,13,17H,4,6-7,12,14H2,1-3H3. The number of rotatable bonds is 6. The van der Waals surface area contributed by atoms with Gasteiger partial charge in [-0.2, -0.15) is 0 Å². The third-order valence-corrected chi connectivity index (χ3v) is 6.22. The van der Waals surface area contributed by atoms with Crippen LogP contribution in [0.15, 0.2) is 36.4 Å². The van der Waals surface area contributed by atoms with E-state index in [9.17, 15) is 4.79 Å². The first-order valence-corrected chi connectivity index (χ1v) is 10.9. The summed E-state index contributed by atoms with van der Waals surface area (Å²) in [5.41, 5.74) is 3.56. The fraction of sp³-hybridized carbons (Fsp3) is 0.391. The lowest BCUT2D eigenvalue weighted by atomic mass is 10.0. The van der Waals surface area contributed by atoms with E-state index in [-0.39, 0.29) is 12.0 Å². The Kier molecular flexibility index (Phi) is 5.83. The van der Waals surface area contributed by atoms with Gasteiger partial charge in [0.15, 0.2) is 5.13 Å². The van der Waals surface area contributed by atoms with E-state index in [0.717, 1.165) is 46.5 Å². The Bertz CT molecular complexity index is 1020. The number of fused-ring (bicyclic) bond motifs is 1. The van der Waals surface area contributed by atoms with Crippen molar-refractivity contribution >= 4 is 32.6 Å². The zero-order chi connectivity index (χ0) is 20.4. The third kappa shape index (κ3) is 4.14. The molecule has 6 heteroatoms. The van der Waals surface area contributed by atoms with Crippen molar-refractivity contribution in [3.05, 3.63) is 53.1 Å². The van der Waals surface area contributed by atoms with E-state index in [0.29, 0.717) is 23.8 Å². The monoisotopic (exact) mass is 410 g/mol. The average molecular weight is 411 g/mol. The number of aryl methyl sites for hydroxylation is 2. The van der Waals surface area contributed by atoms with Crippen LogP contribution in [0.1, 0.15) is 41.3 Å². The number of anilines is 1. The summed E-state index contributed by atoms with van der Waals surface area (Å²) in [6.07, 6.45) is 2.04. The molecule has 2 heterocycles. The first kappa shape index (κ1) is 19.9. The maximum atomic E-state index is 13.6. The zero-order valence-electron chi connectivity index (χ0n) is 17.1. The largest absolute Gasteiger partial charge is 0.492 e. The second-order valence-electron chi connectivity index (χ2n) is 7.40. The first-order chi connectivity index (χ1) is 14.1. The summed E-state index contributed by atoms with van der Waals surface area (Å²) >= 11 is 1.52. The van der Waals surface area contributed by atoms with Crippen LogP contribution >= 0.6 is 11.3 Å². The summed E-state index contributed by atoms with van der Waals surface area (Å²) in [7, 11) is 0. The number of aromatic nitrogens is 1. The molecule has 5 nitrogen and oxygen atoms in total. The predicted octanol–water partition coefficient (Wildman–Crippen LogP) is 5.14. The van der Waals surface area contributed by atoms with Gasteiger partial charge in [-0.25, -0.2) is 4.98 Å². The van der Waals surface area contributed by atoms with E-state index in [1.54, 1.807) is 4.90 Å². The molecule has 1 unspecified atom stereocenters. The molecule has 2 aromatic carbocycles. The van der Waals surface area contributed by atoms with Crippen LogP contribution in [0.25, 0.3) is 10.2 Å². The molecule has 0 N–H and O–H groups in total. The molecule has 3 aromatic rings. The molecule has 1 aromatic heterocycles. The Morgan fingerprint density at radius 1 is 1.31 bits per heavy atom. The van der Waals surface area contributed by atoms with Gasteiger partial charge in [0, 0.05) is 12.2 Å². The van der Waals surface area contributed by atoms with Crippen LogP contribution in [-0.2, 0) is 4.74 Å². The number of hydrogen-bond acceptors (Lipinski definition) is 5. The van der Waals surface area contributed by atoms with Crippen LogP contribution in [0.5, 0.6) is 5.75 Å². The van der Waals surface area contributed by atoms with Crippen molar-refractivity contribution in [2.45, 2.75) is 39.7 Å². The van der Waals surface area contributed by atoms with Gasteiger partial charge in [-0.1, -0.05) is 35.1 Å². The molecule has 4 rings (SSSR count). The molecule has 0 radical (unpaired) electrons. The fourth-order valence-electron chi connectivity index (χ4n) is 3.65. The third-order valence-electron chi connectivity index (χ3n) is 5.18. The Hall–Kier alpha value is -2.44. The van der Waals surface area contributed by atoms with Crippen LogP contribution < -0.4 is 9.64 Å². The number of thiazole rings is 1. The zero-order valence-corrected chi connectivity index (χ0v) is 17.9. The van der Waals surface area contributed by atoms with Crippen LogP contribution in [0.3, 0.4) is 0 Å². The summed E-state index contributed by atoms with van der Waals surface area (Å²) in [5.74, 6) is 0.725. The predicted molar refractivity (Wildman–Crippen MR) is 117 cm³/mol. The highest BCUT2D eigenvalue weighted by molar-refractivity contribution is 7.22. The van der Waals surface area contributed by atoms with Crippen molar-refractivity contribution in [1.29, 1.82) is 0 Å². The molecule has 1 amide bonds. The van der Waals surface area contributed by atoms with E-state index in [1.165, 1.54) is 11.3 Å². The van der Waals surface area contributed by atoms with Gasteiger partial charge in [-0.05, 0) is 57.4 Å². The van der Waals surface area contributed by atoms with Crippen molar-refractivity contribution in [2.75, 3.05) is 24.7 Å². The lowest BCUT2D eigenvalue weighted by Crippen LogP contribution is -2.37. The van der Waals surface area contributed by atoms with E-state index >= 15 is 0 Å². The summed E-state index contributed by atoms with van der Waals surface area (Å²) in [6, 6.07) is 11.9. The van der Waals surface area contributed by atoms with Crippen molar-refractivity contribution in [1.82, 2.24) is 4.98 Å². The van der Waals surface area contributed by atoms with Gasteiger partial charge in [-0.15, -0.1) is 0 Å². The van der Waals surface area contributed by atoms with Crippen LogP contribution in [0.2, 0.25) is 0 Å². The molecule has 0 aliphatic carbocycles. The molecule has 1 aliphatic heterocycles. The Labute approximate surface area is 175 Å². The lowest BCUT2D eigenvalue weighted by molar-refractivity contribution is 0.0917. The van der Waals surface area contributed by atoms with Crippen LogP contribution in [0, 0.1) is 13.8 Å². The average Bonchev–Trinajstić information content (AvgIpc) is 3.37. The number of para-hydroxylation sites is 1. The molecule has 152 valence electrons. The van der Waals surface area contributed by atoms with E-state index in [1.807, 2.05) is 57.2 Å². The van der Waals surface area contributed by atoms with Crippen molar-refractivity contribution in [3.63, 3.8) is 0 Å². The summed E-state index contributed by atoms with van der Waals surface area (Å²) in [4.78, 5) is 20.2. The minimum absolute atomic E-state index is 0.0290. The first-order valence-electron chi connectivity index (χ1n) is 10.1. The maximum absolute atomic E-state index is 13.6. The Morgan fingerprint density at radius 3 is 2.93 bits per heavy atom. The summed E-state index contributed by atoms with van der Waals surface area (Å²) in [5, 5.41) is 0.688. The molecule has 1 fully saturated rings. The lowest BCUT2D eigenvalue weighted by Gasteiger charge is -2.24. The van der Waals surface area contributed by atoms with Crippen molar-refractivity contribution in [3.8, 4) is 5.75 Å². The smallest absolute Gasteiger partial charge is 0.260 e. The normalized spacial score (nSPS) is 16.3. The van der Waals surface area contributed by atoms with E-state index in [4.69, 9.17) is 14.5 Å². The van der Waals surface area contributed by atoms with Gasteiger partial charge in [-0.3, -0.25) is 9.69 Å². The molecular weight excluding hydrogens is 384 g/mol. The summed E-state index contributed by atoms with van der Waals surface area (Å²) < 4.78 is 12.6. The number of benzene rings is 2. The van der Waals surface area contributed by atoms with Gasteiger partial charge in [0.1, 0.15) is 11.3 Å². The van der Waals surface area contributed by atoms with E-state index in [2.05, 4.69) is 0 Å². The SMILES string of the molecule is CCOc1cccc2sc(N(CC3CCCO3)C(=O)c3cc(C)ccc3C)nc12. The van der Waals surface area contributed by atoms with Crippen LogP contribution in [0.4, 0.5) is 5.13 Å². The number of ether oxygens (including phenoxy) is 2. The second kappa shape index (κ2) is 8.51. The Balaban J connectivity index is 1.76. The molecule has 0 saturated carbocycles. The van der Waals surface area contributed by atoms with Gasteiger partial charge < -0.3 is 9.47 Å². The van der Waals surface area contributed by atoms with E-state index < -0.39 is 0 Å². The second-order valence-corrected chi connectivity index (χ2v) is 8.41. The van der Waals surface area contributed by atoms with Crippen molar-refractivity contribution < 1.29 is 14.3 Å². The maximum Gasteiger partial charge on any atom is 0.260 e. The van der Waals surface area contributed by atoms with Gasteiger partial charge in [0.2, 0.25) is 0 Å². The summed E-state index contributed by atoms with van der Waals surface area (Å²) in [6.45, 7) is 7.78.